The molecule has 0 aromatic carbocycles. The van der Waals surface area contributed by atoms with E-state index in [0.29, 0.717) is 18.3 Å². The molecule has 0 rings (SSSR count). The number of ether oxygens (including phenoxy) is 2. The number of hydrogen-bond acceptors (Lipinski definition) is 3. The predicted octanol–water partition coefficient (Wildman–Crippen LogP) is 1.38. The first kappa shape index (κ1) is 13.5. The van der Waals surface area contributed by atoms with Crippen LogP contribution < -0.4 is 0 Å². The fourth-order valence-electron chi connectivity index (χ4n) is 0.990. The summed E-state index contributed by atoms with van der Waals surface area (Å²) in [6, 6.07) is 0. The van der Waals surface area contributed by atoms with Gasteiger partial charge in [-0.3, -0.25) is 4.90 Å². The van der Waals surface area contributed by atoms with Gasteiger partial charge in [0.25, 0.3) is 0 Å². The van der Waals surface area contributed by atoms with Gasteiger partial charge in [-0.2, -0.15) is 0 Å². The van der Waals surface area contributed by atoms with Crippen molar-refractivity contribution < 1.29 is 9.47 Å². The Hall–Kier alpha value is 0.460. The third-order valence-corrected chi connectivity index (χ3v) is 2.07. The second kappa shape index (κ2) is 9.03. The minimum atomic E-state index is -0.202. The molecule has 80 valence electrons. The van der Waals surface area contributed by atoms with Crippen LogP contribution in [0, 0.1) is 0 Å². The highest BCUT2D eigenvalue weighted by atomic mass is 35.5. The summed E-state index contributed by atoms with van der Waals surface area (Å²) in [5.41, 5.74) is 0. The molecule has 13 heavy (non-hydrogen) atoms. The Morgan fingerprint density at radius 1 is 1.08 bits per heavy atom. The van der Waals surface area contributed by atoms with Crippen LogP contribution in [0.15, 0.2) is 0 Å². The number of methoxy groups -OCH3 is 2. The van der Waals surface area contributed by atoms with Crippen LogP contribution in [0.2, 0.25) is 0 Å². The third-order valence-electron chi connectivity index (χ3n) is 1.73. The molecular formula is C8H17Cl2NO2. The van der Waals surface area contributed by atoms with E-state index in [2.05, 4.69) is 4.90 Å². The van der Waals surface area contributed by atoms with Gasteiger partial charge in [0, 0.05) is 45.6 Å². The van der Waals surface area contributed by atoms with E-state index in [1.807, 2.05) is 0 Å². The molecule has 0 fully saturated rings. The highest BCUT2D eigenvalue weighted by molar-refractivity contribution is 6.18. The smallest absolute Gasteiger partial charge is 0.169 e. The summed E-state index contributed by atoms with van der Waals surface area (Å²) in [6.45, 7) is 2.31. The standard InChI is InChI=1S/C8H17Cl2NO2/c1-12-8(13-2)7-11(5-3-9)6-4-10/h8H,3-7H2,1-2H3. The maximum absolute atomic E-state index is 5.64. The molecule has 0 bridgehead atoms. The van der Waals surface area contributed by atoms with Crippen LogP contribution in [0.1, 0.15) is 0 Å². The third kappa shape index (κ3) is 6.52. The molecule has 0 aliphatic rings. The zero-order valence-corrected chi connectivity index (χ0v) is 9.64. The Kier molecular flexibility index (Phi) is 9.35. The van der Waals surface area contributed by atoms with E-state index in [4.69, 9.17) is 32.7 Å². The molecule has 0 atom stereocenters. The van der Waals surface area contributed by atoms with Gasteiger partial charge in [0.1, 0.15) is 0 Å². The Morgan fingerprint density at radius 2 is 1.54 bits per heavy atom. The molecule has 0 amide bonds. The van der Waals surface area contributed by atoms with Gasteiger partial charge < -0.3 is 9.47 Å². The molecule has 0 aliphatic carbocycles. The summed E-state index contributed by atoms with van der Waals surface area (Å²) in [7, 11) is 3.24. The maximum atomic E-state index is 5.64. The van der Waals surface area contributed by atoms with E-state index in [1.54, 1.807) is 14.2 Å². The zero-order valence-electron chi connectivity index (χ0n) is 8.13. The molecule has 0 aromatic heterocycles. The summed E-state index contributed by atoms with van der Waals surface area (Å²) in [4.78, 5) is 2.11. The largest absolute Gasteiger partial charge is 0.355 e. The lowest BCUT2D eigenvalue weighted by Gasteiger charge is -2.24. The Morgan fingerprint density at radius 3 is 1.85 bits per heavy atom. The van der Waals surface area contributed by atoms with Crippen LogP contribution in [-0.2, 0) is 9.47 Å². The van der Waals surface area contributed by atoms with E-state index < -0.39 is 0 Å². The summed E-state index contributed by atoms with van der Waals surface area (Å²) < 4.78 is 10.1. The van der Waals surface area contributed by atoms with Crippen molar-refractivity contribution in [2.45, 2.75) is 6.29 Å². The van der Waals surface area contributed by atoms with Gasteiger partial charge in [0.2, 0.25) is 0 Å². The molecule has 3 nitrogen and oxygen atoms in total. The van der Waals surface area contributed by atoms with Gasteiger partial charge in [0.15, 0.2) is 6.29 Å². The SMILES string of the molecule is COC(CN(CCCl)CCCl)OC. The minimum absolute atomic E-state index is 0.202. The molecule has 0 spiro atoms. The average molecular weight is 230 g/mol. The van der Waals surface area contributed by atoms with Crippen LogP contribution in [-0.4, -0.2) is 56.8 Å². The first-order valence-corrected chi connectivity index (χ1v) is 5.25. The normalized spacial score (nSPS) is 11.5. The van der Waals surface area contributed by atoms with Crippen LogP contribution >= 0.6 is 23.2 Å². The maximum Gasteiger partial charge on any atom is 0.169 e. The lowest BCUT2D eigenvalue weighted by molar-refractivity contribution is -0.115. The first-order valence-electron chi connectivity index (χ1n) is 4.18. The van der Waals surface area contributed by atoms with Crippen LogP contribution in [0.3, 0.4) is 0 Å². The molecule has 0 radical (unpaired) electrons. The average Bonchev–Trinajstić information content (AvgIpc) is 2.14. The number of alkyl halides is 2. The van der Waals surface area contributed by atoms with Gasteiger partial charge in [-0.25, -0.2) is 0 Å². The van der Waals surface area contributed by atoms with Crippen molar-refractivity contribution in [3.8, 4) is 0 Å². The Labute approximate surface area is 89.9 Å². The number of nitrogens with zero attached hydrogens (tertiary/aromatic N) is 1. The lowest BCUT2D eigenvalue weighted by atomic mass is 10.4. The van der Waals surface area contributed by atoms with E-state index >= 15 is 0 Å². The van der Waals surface area contributed by atoms with E-state index in [9.17, 15) is 0 Å². The second-order valence-corrected chi connectivity index (χ2v) is 3.34. The van der Waals surface area contributed by atoms with Gasteiger partial charge in [-0.15, -0.1) is 23.2 Å². The number of halogens is 2. The molecule has 0 aliphatic heterocycles. The van der Waals surface area contributed by atoms with Gasteiger partial charge in [-0.05, 0) is 0 Å². The highest BCUT2D eigenvalue weighted by Gasteiger charge is 2.11. The van der Waals surface area contributed by atoms with Crippen molar-refractivity contribution in [3.05, 3.63) is 0 Å². The fraction of sp³-hybridized carbons (Fsp3) is 1.00. The van der Waals surface area contributed by atoms with Crippen molar-refractivity contribution in [2.75, 3.05) is 45.6 Å². The zero-order chi connectivity index (χ0) is 10.1. The van der Waals surface area contributed by atoms with Crippen molar-refractivity contribution in [2.24, 2.45) is 0 Å². The summed E-state index contributed by atoms with van der Waals surface area (Å²) in [6.07, 6.45) is -0.202. The number of hydrogen-bond donors (Lipinski definition) is 0. The molecule has 0 heterocycles. The van der Waals surface area contributed by atoms with E-state index in [1.165, 1.54) is 0 Å². The van der Waals surface area contributed by atoms with Crippen molar-refractivity contribution in [3.63, 3.8) is 0 Å². The van der Waals surface area contributed by atoms with Crippen molar-refractivity contribution >= 4 is 23.2 Å². The summed E-state index contributed by atoms with van der Waals surface area (Å²) in [5.74, 6) is 1.19. The second-order valence-electron chi connectivity index (χ2n) is 2.58. The van der Waals surface area contributed by atoms with Crippen LogP contribution in [0.5, 0.6) is 0 Å². The van der Waals surface area contributed by atoms with E-state index in [-0.39, 0.29) is 6.29 Å². The molecule has 0 unspecified atom stereocenters. The molecular weight excluding hydrogens is 213 g/mol. The van der Waals surface area contributed by atoms with Gasteiger partial charge >= 0.3 is 0 Å². The monoisotopic (exact) mass is 229 g/mol. The van der Waals surface area contributed by atoms with Gasteiger partial charge in [0.05, 0.1) is 0 Å². The summed E-state index contributed by atoms with van der Waals surface area (Å²) in [5, 5.41) is 0. The molecule has 0 aromatic rings. The minimum Gasteiger partial charge on any atom is -0.355 e. The fourth-order valence-corrected chi connectivity index (χ4v) is 1.47. The molecule has 0 saturated heterocycles. The molecule has 0 saturated carbocycles. The topological polar surface area (TPSA) is 21.7 Å². The Bertz CT molecular complexity index is 106. The van der Waals surface area contributed by atoms with Crippen molar-refractivity contribution in [1.82, 2.24) is 4.90 Å². The lowest BCUT2D eigenvalue weighted by Crippen LogP contribution is -2.37. The molecule has 5 heteroatoms. The highest BCUT2D eigenvalue weighted by Crippen LogP contribution is 1.98. The first-order chi connectivity index (χ1) is 6.28. The number of rotatable bonds is 8. The predicted molar refractivity (Wildman–Crippen MR) is 55.7 cm³/mol. The van der Waals surface area contributed by atoms with Crippen molar-refractivity contribution in [1.29, 1.82) is 0 Å². The van der Waals surface area contributed by atoms with Crippen LogP contribution in [0.4, 0.5) is 0 Å². The quantitative estimate of drug-likeness (QED) is 0.464. The van der Waals surface area contributed by atoms with Crippen LogP contribution in [0.25, 0.3) is 0 Å². The molecule has 0 N–H and O–H groups in total. The van der Waals surface area contributed by atoms with E-state index in [0.717, 1.165) is 13.1 Å². The Balaban J connectivity index is 3.76. The summed E-state index contributed by atoms with van der Waals surface area (Å²) >= 11 is 11.3. The van der Waals surface area contributed by atoms with Gasteiger partial charge in [-0.1, -0.05) is 0 Å².